The summed E-state index contributed by atoms with van der Waals surface area (Å²) in [5.74, 6) is 0.227. The first-order valence-electron chi connectivity index (χ1n) is 7.44. The Morgan fingerprint density at radius 3 is 2.83 bits per heavy atom. The lowest BCUT2D eigenvalue weighted by molar-refractivity contribution is -0.140. The number of amides is 1. The molecule has 2 heterocycles. The Labute approximate surface area is 110 Å². The third kappa shape index (κ3) is 3.69. The van der Waals surface area contributed by atoms with Crippen LogP contribution in [-0.2, 0) is 9.53 Å². The van der Waals surface area contributed by atoms with E-state index in [0.717, 1.165) is 52.0 Å². The molecule has 0 aromatic heterocycles. The highest BCUT2D eigenvalue weighted by atomic mass is 16.5. The summed E-state index contributed by atoms with van der Waals surface area (Å²) in [4.78, 5) is 16.8. The van der Waals surface area contributed by atoms with Gasteiger partial charge in [0, 0.05) is 26.2 Å². The molecule has 0 radical (unpaired) electrons. The second-order valence-electron chi connectivity index (χ2n) is 5.38. The smallest absolute Gasteiger partial charge is 0.251 e. The summed E-state index contributed by atoms with van der Waals surface area (Å²) >= 11 is 0. The molecule has 1 amide bonds. The van der Waals surface area contributed by atoms with Crippen molar-refractivity contribution in [3.63, 3.8) is 0 Å². The fraction of sp³-hybridized carbons (Fsp3) is 0.929. The van der Waals surface area contributed by atoms with E-state index in [2.05, 4.69) is 11.8 Å². The Bertz CT molecular complexity index is 265. The highest BCUT2D eigenvalue weighted by Crippen LogP contribution is 2.16. The number of hydrogen-bond acceptors (Lipinski definition) is 3. The Morgan fingerprint density at radius 2 is 2.11 bits per heavy atom. The van der Waals surface area contributed by atoms with Gasteiger partial charge in [0.1, 0.15) is 6.10 Å². The third-order valence-electron chi connectivity index (χ3n) is 3.93. The zero-order valence-corrected chi connectivity index (χ0v) is 11.6. The summed E-state index contributed by atoms with van der Waals surface area (Å²) in [5, 5.41) is 0. The monoisotopic (exact) mass is 254 g/mol. The normalized spacial score (nSPS) is 26.3. The molecule has 2 aliphatic rings. The van der Waals surface area contributed by atoms with Crippen LogP contribution in [0.4, 0.5) is 0 Å². The van der Waals surface area contributed by atoms with Crippen molar-refractivity contribution in [2.24, 2.45) is 0 Å². The Kier molecular flexibility index (Phi) is 5.45. The second kappa shape index (κ2) is 7.10. The molecule has 0 bridgehead atoms. The number of hydrogen-bond donors (Lipinski definition) is 0. The van der Waals surface area contributed by atoms with E-state index in [1.165, 1.54) is 19.4 Å². The predicted octanol–water partition coefficient (Wildman–Crippen LogP) is 1.50. The molecule has 2 rings (SSSR count). The van der Waals surface area contributed by atoms with Gasteiger partial charge in [-0.05, 0) is 38.8 Å². The van der Waals surface area contributed by atoms with Crippen molar-refractivity contribution in [1.29, 1.82) is 0 Å². The van der Waals surface area contributed by atoms with Gasteiger partial charge in [-0.2, -0.15) is 0 Å². The van der Waals surface area contributed by atoms with Crippen LogP contribution in [0.3, 0.4) is 0 Å². The highest BCUT2D eigenvalue weighted by molar-refractivity contribution is 5.81. The van der Waals surface area contributed by atoms with Crippen molar-refractivity contribution in [2.75, 3.05) is 39.3 Å². The molecule has 4 heteroatoms. The van der Waals surface area contributed by atoms with Gasteiger partial charge in [0.25, 0.3) is 5.91 Å². The maximum absolute atomic E-state index is 12.3. The summed E-state index contributed by atoms with van der Waals surface area (Å²) in [6.45, 7) is 8.11. The lowest BCUT2D eigenvalue weighted by atomic mass is 10.2. The van der Waals surface area contributed by atoms with Gasteiger partial charge >= 0.3 is 0 Å². The van der Waals surface area contributed by atoms with Crippen LogP contribution in [0.1, 0.15) is 39.0 Å². The van der Waals surface area contributed by atoms with Crippen molar-refractivity contribution in [2.45, 2.75) is 45.1 Å². The van der Waals surface area contributed by atoms with Crippen LogP contribution in [0.2, 0.25) is 0 Å². The first-order valence-corrected chi connectivity index (χ1v) is 7.44. The molecule has 2 aliphatic heterocycles. The predicted molar refractivity (Wildman–Crippen MR) is 71.5 cm³/mol. The lowest BCUT2D eigenvalue weighted by Gasteiger charge is -2.24. The molecule has 0 aromatic rings. The number of ether oxygens (including phenoxy) is 1. The first kappa shape index (κ1) is 13.8. The molecule has 4 nitrogen and oxygen atoms in total. The summed E-state index contributed by atoms with van der Waals surface area (Å²) in [5.41, 5.74) is 0. The van der Waals surface area contributed by atoms with E-state index in [-0.39, 0.29) is 12.0 Å². The first-order chi connectivity index (χ1) is 8.81. The van der Waals surface area contributed by atoms with Gasteiger partial charge in [-0.1, -0.05) is 13.3 Å². The van der Waals surface area contributed by atoms with Gasteiger partial charge in [0.2, 0.25) is 0 Å². The zero-order chi connectivity index (χ0) is 12.8. The third-order valence-corrected chi connectivity index (χ3v) is 3.93. The van der Waals surface area contributed by atoms with E-state index in [1.807, 2.05) is 4.90 Å². The molecule has 0 saturated carbocycles. The minimum atomic E-state index is -0.146. The number of carbonyl (C=O) groups is 1. The van der Waals surface area contributed by atoms with Gasteiger partial charge in [-0.25, -0.2) is 0 Å². The SMILES string of the molecule is CCCCN1CCCN(C(=O)C2CCCO2)CC1. The number of nitrogens with zero attached hydrogens (tertiary/aromatic N) is 2. The van der Waals surface area contributed by atoms with Crippen LogP contribution in [0.15, 0.2) is 0 Å². The number of carbonyl (C=O) groups excluding carboxylic acids is 1. The average molecular weight is 254 g/mol. The Hall–Kier alpha value is -0.610. The molecular weight excluding hydrogens is 228 g/mol. The average Bonchev–Trinajstić information content (AvgIpc) is 2.82. The molecule has 18 heavy (non-hydrogen) atoms. The van der Waals surface area contributed by atoms with Crippen LogP contribution in [0, 0.1) is 0 Å². The standard InChI is InChI=1S/C14H26N2O2/c1-2-3-7-15-8-5-9-16(11-10-15)14(17)13-6-4-12-18-13/h13H,2-12H2,1H3. The molecule has 0 aliphatic carbocycles. The second-order valence-corrected chi connectivity index (χ2v) is 5.38. The number of rotatable bonds is 4. The summed E-state index contributed by atoms with van der Waals surface area (Å²) < 4.78 is 5.50. The summed E-state index contributed by atoms with van der Waals surface area (Å²) in [6.07, 6.45) is 5.41. The summed E-state index contributed by atoms with van der Waals surface area (Å²) in [7, 11) is 0. The van der Waals surface area contributed by atoms with Gasteiger partial charge in [0.05, 0.1) is 0 Å². The van der Waals surface area contributed by atoms with E-state index < -0.39 is 0 Å². The molecule has 0 N–H and O–H groups in total. The number of unbranched alkanes of at least 4 members (excludes halogenated alkanes) is 1. The van der Waals surface area contributed by atoms with Crippen molar-refractivity contribution >= 4 is 5.91 Å². The van der Waals surface area contributed by atoms with Crippen LogP contribution in [-0.4, -0.2) is 61.1 Å². The van der Waals surface area contributed by atoms with Crippen LogP contribution in [0.5, 0.6) is 0 Å². The fourth-order valence-electron chi connectivity index (χ4n) is 2.77. The van der Waals surface area contributed by atoms with Gasteiger partial charge in [-0.15, -0.1) is 0 Å². The van der Waals surface area contributed by atoms with Crippen molar-refractivity contribution in [1.82, 2.24) is 9.80 Å². The van der Waals surface area contributed by atoms with Gasteiger partial charge in [-0.3, -0.25) is 4.79 Å². The van der Waals surface area contributed by atoms with Gasteiger partial charge < -0.3 is 14.5 Å². The van der Waals surface area contributed by atoms with E-state index in [9.17, 15) is 4.79 Å². The molecule has 1 unspecified atom stereocenters. The molecule has 2 saturated heterocycles. The van der Waals surface area contributed by atoms with Crippen LogP contribution in [0.25, 0.3) is 0 Å². The molecular formula is C14H26N2O2. The maximum Gasteiger partial charge on any atom is 0.251 e. The molecule has 104 valence electrons. The minimum absolute atomic E-state index is 0.146. The van der Waals surface area contributed by atoms with Gasteiger partial charge in [0.15, 0.2) is 0 Å². The van der Waals surface area contributed by atoms with Crippen molar-refractivity contribution in [3.05, 3.63) is 0 Å². The molecule has 2 fully saturated rings. The van der Waals surface area contributed by atoms with E-state index >= 15 is 0 Å². The van der Waals surface area contributed by atoms with Crippen molar-refractivity contribution in [3.8, 4) is 0 Å². The quantitative estimate of drug-likeness (QED) is 0.762. The highest BCUT2D eigenvalue weighted by Gasteiger charge is 2.29. The Morgan fingerprint density at radius 1 is 1.22 bits per heavy atom. The summed E-state index contributed by atoms with van der Waals surface area (Å²) in [6, 6.07) is 0. The minimum Gasteiger partial charge on any atom is -0.368 e. The Balaban J connectivity index is 1.78. The van der Waals surface area contributed by atoms with Crippen molar-refractivity contribution < 1.29 is 9.53 Å². The fourth-order valence-corrected chi connectivity index (χ4v) is 2.77. The van der Waals surface area contributed by atoms with E-state index in [0.29, 0.717) is 0 Å². The van der Waals surface area contributed by atoms with Crippen LogP contribution >= 0.6 is 0 Å². The molecule has 0 spiro atoms. The topological polar surface area (TPSA) is 32.8 Å². The maximum atomic E-state index is 12.3. The molecule has 1 atom stereocenters. The largest absolute Gasteiger partial charge is 0.368 e. The van der Waals surface area contributed by atoms with E-state index in [4.69, 9.17) is 4.74 Å². The van der Waals surface area contributed by atoms with E-state index in [1.54, 1.807) is 0 Å². The molecule has 0 aromatic carbocycles. The lowest BCUT2D eigenvalue weighted by Crippen LogP contribution is -2.41. The zero-order valence-electron chi connectivity index (χ0n) is 11.6. The van der Waals surface area contributed by atoms with Crippen LogP contribution < -0.4 is 0 Å².